The zero-order chi connectivity index (χ0) is 7.49. The van der Waals surface area contributed by atoms with Crippen LogP contribution in [-0.4, -0.2) is 12.8 Å². The lowest BCUT2D eigenvalue weighted by molar-refractivity contribution is 0.252. The van der Waals surface area contributed by atoms with E-state index in [1.165, 1.54) is 6.66 Å². The van der Waals surface area contributed by atoms with Crippen molar-refractivity contribution in [3.63, 3.8) is 0 Å². The van der Waals surface area contributed by atoms with Gasteiger partial charge in [-0.3, -0.25) is 4.57 Å². The molecule has 0 rings (SSSR count). The summed E-state index contributed by atoms with van der Waals surface area (Å²) in [6.07, 6.45) is -0.138. The molecule has 0 amide bonds. The van der Waals surface area contributed by atoms with Crippen molar-refractivity contribution in [2.45, 2.75) is 20.0 Å². The van der Waals surface area contributed by atoms with Gasteiger partial charge in [0.15, 0.2) is 5.81 Å². The van der Waals surface area contributed by atoms with Gasteiger partial charge in [-0.2, -0.15) is 5.26 Å². The Morgan fingerprint density at radius 2 is 2.11 bits per heavy atom. The summed E-state index contributed by atoms with van der Waals surface area (Å²) in [6.45, 7) is 4.80. The zero-order valence-electron chi connectivity index (χ0n) is 5.79. The number of hydrogen-bond acceptors (Lipinski definition) is 3. The molecule has 0 saturated carbocycles. The first-order valence-electron chi connectivity index (χ1n) is 2.65. The molecule has 0 spiro atoms. The molecule has 0 N–H and O–H groups in total. The molecule has 9 heavy (non-hydrogen) atoms. The van der Waals surface area contributed by atoms with E-state index in [-0.39, 0.29) is 6.10 Å². The minimum absolute atomic E-state index is 0.138. The highest BCUT2D eigenvalue weighted by atomic mass is 31.2. The summed E-state index contributed by atoms with van der Waals surface area (Å²) in [5, 5.41) is 8.20. The van der Waals surface area contributed by atoms with Crippen molar-refractivity contribution >= 4 is 7.37 Å². The van der Waals surface area contributed by atoms with Crippen LogP contribution in [0.15, 0.2) is 0 Å². The van der Waals surface area contributed by atoms with E-state index in [1.807, 2.05) is 0 Å². The molecule has 0 radical (unpaired) electrons. The molecule has 0 heterocycles. The summed E-state index contributed by atoms with van der Waals surface area (Å²) < 4.78 is 15.6. The van der Waals surface area contributed by atoms with E-state index < -0.39 is 7.37 Å². The van der Waals surface area contributed by atoms with Gasteiger partial charge in [-0.1, -0.05) is 0 Å². The third-order valence-electron chi connectivity index (χ3n) is 0.594. The van der Waals surface area contributed by atoms with Crippen molar-refractivity contribution in [3.8, 4) is 5.81 Å². The number of nitrogens with zero attached hydrogens (tertiary/aromatic N) is 1. The second-order valence-corrected chi connectivity index (χ2v) is 4.20. The highest BCUT2D eigenvalue weighted by Gasteiger charge is 2.15. The van der Waals surface area contributed by atoms with Gasteiger partial charge in [-0.05, 0) is 13.8 Å². The molecule has 1 atom stereocenters. The summed E-state index contributed by atoms with van der Waals surface area (Å²) in [4.78, 5) is 0. The van der Waals surface area contributed by atoms with Crippen LogP contribution in [0.2, 0.25) is 0 Å². The third kappa shape index (κ3) is 4.20. The van der Waals surface area contributed by atoms with E-state index in [0.717, 1.165) is 0 Å². The van der Waals surface area contributed by atoms with E-state index in [9.17, 15) is 4.57 Å². The average molecular weight is 147 g/mol. The van der Waals surface area contributed by atoms with E-state index >= 15 is 0 Å². The highest BCUT2D eigenvalue weighted by molar-refractivity contribution is 7.63. The van der Waals surface area contributed by atoms with Gasteiger partial charge >= 0.3 is 0 Å². The molecule has 3 nitrogen and oxygen atoms in total. The Balaban J connectivity index is 3.93. The van der Waals surface area contributed by atoms with Crippen LogP contribution in [0.1, 0.15) is 13.8 Å². The van der Waals surface area contributed by atoms with E-state index in [0.29, 0.717) is 0 Å². The fourth-order valence-electron chi connectivity index (χ4n) is 0.426. The van der Waals surface area contributed by atoms with Crippen LogP contribution in [0.3, 0.4) is 0 Å². The fourth-order valence-corrected chi connectivity index (χ4v) is 1.28. The number of nitriles is 1. The largest absolute Gasteiger partial charge is 0.316 e. The van der Waals surface area contributed by atoms with E-state index in [1.54, 1.807) is 19.7 Å². The first kappa shape index (κ1) is 8.68. The standard InChI is InChI=1S/C5H10NO2P/c1-5(2)8-9(3,7)4-6/h5H,1-3H3. The minimum atomic E-state index is -2.92. The molecule has 0 fully saturated rings. The molecule has 0 saturated heterocycles. The van der Waals surface area contributed by atoms with Crippen LogP contribution < -0.4 is 0 Å². The van der Waals surface area contributed by atoms with Crippen molar-refractivity contribution in [3.05, 3.63) is 0 Å². The van der Waals surface area contributed by atoms with Gasteiger partial charge in [-0.25, -0.2) is 0 Å². The van der Waals surface area contributed by atoms with Gasteiger partial charge in [0.1, 0.15) is 0 Å². The highest BCUT2D eigenvalue weighted by Crippen LogP contribution is 2.41. The molecule has 0 bridgehead atoms. The monoisotopic (exact) mass is 147 g/mol. The first-order valence-corrected chi connectivity index (χ1v) is 4.72. The lowest BCUT2D eigenvalue weighted by Gasteiger charge is -2.07. The van der Waals surface area contributed by atoms with Crippen molar-refractivity contribution in [2.24, 2.45) is 0 Å². The SMILES string of the molecule is CC(C)OP(C)(=O)C#N. The Morgan fingerprint density at radius 3 is 2.22 bits per heavy atom. The Kier molecular flexibility index (Phi) is 2.90. The van der Waals surface area contributed by atoms with Crippen molar-refractivity contribution < 1.29 is 9.09 Å². The lowest BCUT2D eigenvalue weighted by atomic mass is 10.5. The second-order valence-electron chi connectivity index (χ2n) is 2.10. The summed E-state index contributed by atoms with van der Waals surface area (Å²) in [5.41, 5.74) is 0. The predicted octanol–water partition coefficient (Wildman–Crippen LogP) is 1.80. The van der Waals surface area contributed by atoms with Gasteiger partial charge in [0.05, 0.1) is 6.10 Å². The van der Waals surface area contributed by atoms with Crippen LogP contribution in [0.25, 0.3) is 0 Å². The van der Waals surface area contributed by atoms with Crippen molar-refractivity contribution in [2.75, 3.05) is 6.66 Å². The normalized spacial score (nSPS) is 16.8. The zero-order valence-corrected chi connectivity index (χ0v) is 6.68. The van der Waals surface area contributed by atoms with Crippen LogP contribution in [0.5, 0.6) is 0 Å². The maximum atomic E-state index is 10.8. The Morgan fingerprint density at radius 1 is 1.67 bits per heavy atom. The molecule has 4 heteroatoms. The number of rotatable bonds is 2. The maximum absolute atomic E-state index is 10.8. The predicted molar refractivity (Wildman–Crippen MR) is 35.4 cm³/mol. The number of hydrogen-bond donors (Lipinski definition) is 0. The molecular weight excluding hydrogens is 137 g/mol. The Hall–Kier alpha value is -0.320. The maximum Gasteiger partial charge on any atom is 0.296 e. The van der Waals surface area contributed by atoms with Gasteiger partial charge in [0, 0.05) is 6.66 Å². The summed E-state index contributed by atoms with van der Waals surface area (Å²) >= 11 is 0. The van der Waals surface area contributed by atoms with Gasteiger partial charge in [0.25, 0.3) is 7.37 Å². The molecule has 0 aliphatic carbocycles. The molecule has 0 aromatic carbocycles. The van der Waals surface area contributed by atoms with Gasteiger partial charge in [0.2, 0.25) is 0 Å². The topological polar surface area (TPSA) is 50.1 Å². The summed E-state index contributed by atoms with van der Waals surface area (Å²) in [6, 6.07) is 0. The fraction of sp³-hybridized carbons (Fsp3) is 0.800. The van der Waals surface area contributed by atoms with E-state index in [4.69, 9.17) is 9.79 Å². The van der Waals surface area contributed by atoms with E-state index in [2.05, 4.69) is 0 Å². The molecule has 0 aromatic rings. The lowest BCUT2D eigenvalue weighted by Crippen LogP contribution is -1.97. The molecule has 52 valence electrons. The third-order valence-corrected chi connectivity index (χ3v) is 1.78. The Labute approximate surface area is 55.1 Å². The smallest absolute Gasteiger partial charge is 0.296 e. The molecule has 0 aliphatic heterocycles. The van der Waals surface area contributed by atoms with Crippen molar-refractivity contribution in [1.82, 2.24) is 0 Å². The van der Waals surface area contributed by atoms with Gasteiger partial charge < -0.3 is 4.52 Å². The van der Waals surface area contributed by atoms with Crippen LogP contribution >= 0.6 is 7.37 Å². The molecule has 0 aliphatic rings. The molecule has 0 aromatic heterocycles. The van der Waals surface area contributed by atoms with Crippen LogP contribution in [0.4, 0.5) is 0 Å². The Bertz CT molecular complexity index is 170. The first-order chi connectivity index (χ1) is 3.98. The summed E-state index contributed by atoms with van der Waals surface area (Å²) in [7, 11) is -2.92. The average Bonchev–Trinajstić information content (AvgIpc) is 1.63. The quantitative estimate of drug-likeness (QED) is 0.559. The molecular formula is C5H10NO2P. The second kappa shape index (κ2) is 3.00. The summed E-state index contributed by atoms with van der Waals surface area (Å²) in [5.74, 6) is 1.61. The van der Waals surface area contributed by atoms with Crippen LogP contribution in [-0.2, 0) is 9.09 Å². The van der Waals surface area contributed by atoms with Crippen LogP contribution in [0, 0.1) is 11.1 Å². The van der Waals surface area contributed by atoms with Crippen molar-refractivity contribution in [1.29, 1.82) is 5.26 Å². The molecule has 1 unspecified atom stereocenters. The minimum Gasteiger partial charge on any atom is -0.316 e. The van der Waals surface area contributed by atoms with Gasteiger partial charge in [-0.15, -0.1) is 0 Å².